The fraction of sp³-hybridized carbons (Fsp3) is 0.0909. The zero-order valence-electron chi connectivity index (χ0n) is 9.85. The van der Waals surface area contributed by atoms with Crippen LogP contribution in [0.15, 0.2) is 34.4 Å². The van der Waals surface area contributed by atoms with Gasteiger partial charge in [-0.25, -0.2) is 0 Å². The monoisotopic (exact) mass is 290 g/mol. The van der Waals surface area contributed by atoms with Crippen molar-refractivity contribution in [3.63, 3.8) is 0 Å². The number of thioether (sulfide) groups is 1. The number of nitrogens with zero attached hydrogens (tertiary/aromatic N) is 4. The summed E-state index contributed by atoms with van der Waals surface area (Å²) in [5.74, 6) is -0.961. The number of carbonyl (C=O) groups excluding carboxylic acids is 2. The number of hydrogen-bond donors (Lipinski definition) is 0. The predicted molar refractivity (Wildman–Crippen MR) is 71.1 cm³/mol. The van der Waals surface area contributed by atoms with Gasteiger partial charge in [-0.2, -0.15) is 15.1 Å². The number of aliphatic imine (C=N–C) groups is 1. The number of nitro benzene ring substituents is 1. The highest BCUT2D eigenvalue weighted by molar-refractivity contribution is 8.27. The molecule has 0 bridgehead atoms. The Morgan fingerprint density at radius 1 is 1.35 bits per heavy atom. The maximum Gasteiger partial charge on any atom is 0.270 e. The molecule has 20 heavy (non-hydrogen) atoms. The third-order valence-electron chi connectivity index (χ3n) is 2.62. The third-order valence-corrected chi connectivity index (χ3v) is 3.58. The number of carbonyl (C=O) groups is 2. The molecule has 2 heterocycles. The third kappa shape index (κ3) is 2.07. The van der Waals surface area contributed by atoms with Gasteiger partial charge in [-0.05, 0) is 11.8 Å². The van der Waals surface area contributed by atoms with Gasteiger partial charge in [0, 0.05) is 17.7 Å². The smallest absolute Gasteiger partial charge is 0.270 e. The van der Waals surface area contributed by atoms with Crippen molar-refractivity contribution in [2.45, 2.75) is 6.42 Å². The fourth-order valence-electron chi connectivity index (χ4n) is 1.74. The number of hydrazone groups is 1. The zero-order valence-corrected chi connectivity index (χ0v) is 10.7. The quantitative estimate of drug-likeness (QED) is 0.461. The Morgan fingerprint density at radius 3 is 2.90 bits per heavy atom. The van der Waals surface area contributed by atoms with Crippen LogP contribution in [0.4, 0.5) is 5.69 Å². The summed E-state index contributed by atoms with van der Waals surface area (Å²) in [6.07, 6.45) is -0.310. The lowest BCUT2D eigenvalue weighted by atomic mass is 10.2. The summed E-state index contributed by atoms with van der Waals surface area (Å²) in [7, 11) is 0. The minimum atomic E-state index is -0.511. The van der Waals surface area contributed by atoms with E-state index in [1.807, 2.05) is 0 Å². The number of rotatable bonds is 2. The van der Waals surface area contributed by atoms with E-state index in [0.29, 0.717) is 10.6 Å². The normalized spacial score (nSPS) is 17.7. The van der Waals surface area contributed by atoms with Crippen LogP contribution in [0.25, 0.3) is 0 Å². The van der Waals surface area contributed by atoms with Gasteiger partial charge in [0.1, 0.15) is 11.5 Å². The number of benzene rings is 1. The minimum Gasteiger partial charge on any atom is -0.272 e. The van der Waals surface area contributed by atoms with E-state index in [1.54, 1.807) is 6.07 Å². The Morgan fingerprint density at radius 2 is 2.15 bits per heavy atom. The lowest BCUT2D eigenvalue weighted by Crippen LogP contribution is -2.33. The highest BCUT2D eigenvalue weighted by Gasteiger charge is 2.34. The van der Waals surface area contributed by atoms with Crippen molar-refractivity contribution in [3.05, 3.63) is 39.9 Å². The molecule has 2 aliphatic rings. The van der Waals surface area contributed by atoms with Crippen LogP contribution < -0.4 is 0 Å². The number of amides is 2. The van der Waals surface area contributed by atoms with Crippen LogP contribution in [0.2, 0.25) is 0 Å². The van der Waals surface area contributed by atoms with Crippen molar-refractivity contribution >= 4 is 39.5 Å². The molecule has 0 saturated carbocycles. The van der Waals surface area contributed by atoms with E-state index in [-0.39, 0.29) is 17.3 Å². The molecule has 9 heteroatoms. The summed E-state index contributed by atoms with van der Waals surface area (Å²) in [5.41, 5.74) is 0.432. The van der Waals surface area contributed by atoms with Gasteiger partial charge in [0.25, 0.3) is 17.5 Å². The van der Waals surface area contributed by atoms with Crippen molar-refractivity contribution in [1.82, 2.24) is 5.01 Å². The maximum atomic E-state index is 11.6. The molecule has 8 nitrogen and oxygen atoms in total. The van der Waals surface area contributed by atoms with E-state index in [1.165, 1.54) is 18.2 Å². The van der Waals surface area contributed by atoms with Gasteiger partial charge in [0.15, 0.2) is 0 Å². The van der Waals surface area contributed by atoms with Crippen LogP contribution in [-0.2, 0) is 9.59 Å². The molecule has 2 aliphatic heterocycles. The summed E-state index contributed by atoms with van der Waals surface area (Å²) in [6, 6.07) is 5.90. The van der Waals surface area contributed by atoms with Crippen molar-refractivity contribution < 1.29 is 14.5 Å². The highest BCUT2D eigenvalue weighted by atomic mass is 32.2. The standard InChI is InChI=1S/C11H6N4O4S/c16-8-5-9(17)14-11(12-8)20-10(13-14)6-2-1-3-7(4-6)15(18)19/h1-4H,5H2. The molecule has 0 radical (unpaired) electrons. The zero-order chi connectivity index (χ0) is 14.3. The number of non-ortho nitro benzene ring substituents is 1. The van der Waals surface area contributed by atoms with Crippen LogP contribution in [0.1, 0.15) is 12.0 Å². The molecule has 0 fully saturated rings. The summed E-state index contributed by atoms with van der Waals surface area (Å²) in [6.45, 7) is 0. The molecule has 0 N–H and O–H groups in total. The van der Waals surface area contributed by atoms with Gasteiger partial charge in [0.05, 0.1) is 4.92 Å². The second kappa shape index (κ2) is 4.53. The Kier molecular flexibility index (Phi) is 2.83. The van der Waals surface area contributed by atoms with Gasteiger partial charge < -0.3 is 0 Å². The Hall–Kier alpha value is -2.55. The number of hydrogen-bond acceptors (Lipinski definition) is 6. The summed E-state index contributed by atoms with van der Waals surface area (Å²) >= 11 is 1.04. The molecule has 0 spiro atoms. The van der Waals surface area contributed by atoms with E-state index in [9.17, 15) is 19.7 Å². The maximum absolute atomic E-state index is 11.6. The Labute approximate surface area is 116 Å². The van der Waals surface area contributed by atoms with Crippen molar-refractivity contribution in [1.29, 1.82) is 0 Å². The number of amidine groups is 1. The molecule has 3 rings (SSSR count). The predicted octanol–water partition coefficient (Wildman–Crippen LogP) is 1.12. The molecule has 0 aliphatic carbocycles. The minimum absolute atomic E-state index is 0.0694. The molecule has 0 atom stereocenters. The van der Waals surface area contributed by atoms with Crippen molar-refractivity contribution in [2.24, 2.45) is 10.1 Å². The molecular weight excluding hydrogens is 284 g/mol. The number of nitro groups is 1. The van der Waals surface area contributed by atoms with Gasteiger partial charge in [-0.15, -0.1) is 0 Å². The molecule has 100 valence electrons. The molecular formula is C11H6N4O4S. The first-order chi connectivity index (χ1) is 9.54. The van der Waals surface area contributed by atoms with E-state index in [2.05, 4.69) is 10.1 Å². The first-order valence-electron chi connectivity index (χ1n) is 5.50. The van der Waals surface area contributed by atoms with Gasteiger partial charge >= 0.3 is 0 Å². The van der Waals surface area contributed by atoms with E-state index >= 15 is 0 Å². The van der Waals surface area contributed by atoms with Crippen LogP contribution in [0, 0.1) is 10.1 Å². The first-order valence-corrected chi connectivity index (χ1v) is 6.32. The van der Waals surface area contributed by atoms with Crippen LogP contribution in [-0.4, -0.2) is 32.0 Å². The summed E-state index contributed by atoms with van der Waals surface area (Å²) in [4.78, 5) is 36.8. The van der Waals surface area contributed by atoms with E-state index in [4.69, 9.17) is 0 Å². The van der Waals surface area contributed by atoms with Crippen LogP contribution in [0.3, 0.4) is 0 Å². The molecule has 1 aromatic rings. The van der Waals surface area contributed by atoms with Gasteiger partial charge in [0.2, 0.25) is 5.17 Å². The fourth-order valence-corrected chi connectivity index (χ4v) is 2.65. The number of fused-ring (bicyclic) bond motifs is 1. The average Bonchev–Trinajstić information content (AvgIpc) is 2.83. The summed E-state index contributed by atoms with van der Waals surface area (Å²) < 4.78 is 0. The molecule has 0 saturated heterocycles. The molecule has 2 amide bonds. The molecule has 0 aromatic heterocycles. The average molecular weight is 290 g/mol. The first kappa shape index (κ1) is 12.5. The largest absolute Gasteiger partial charge is 0.272 e. The van der Waals surface area contributed by atoms with E-state index in [0.717, 1.165) is 16.8 Å². The Balaban J connectivity index is 1.97. The van der Waals surface area contributed by atoms with Gasteiger partial charge in [-0.1, -0.05) is 12.1 Å². The highest BCUT2D eigenvalue weighted by Crippen LogP contribution is 2.29. The van der Waals surface area contributed by atoms with E-state index < -0.39 is 16.7 Å². The summed E-state index contributed by atoms with van der Waals surface area (Å²) in [5, 5.41) is 16.4. The van der Waals surface area contributed by atoms with Crippen LogP contribution in [0.5, 0.6) is 0 Å². The SMILES string of the molecule is O=C1CC(=O)N2N=C(c3cccc([N+](=O)[O-])c3)SC2=N1. The lowest BCUT2D eigenvalue weighted by molar-refractivity contribution is -0.384. The topological polar surface area (TPSA) is 105 Å². The Bertz CT molecular complexity index is 712. The van der Waals surface area contributed by atoms with Crippen molar-refractivity contribution in [3.8, 4) is 0 Å². The van der Waals surface area contributed by atoms with Gasteiger partial charge in [-0.3, -0.25) is 19.7 Å². The molecule has 1 aromatic carbocycles. The second-order valence-corrected chi connectivity index (χ2v) is 4.94. The second-order valence-electron chi connectivity index (χ2n) is 3.99. The lowest BCUT2D eigenvalue weighted by Gasteiger charge is -2.14. The molecule has 0 unspecified atom stereocenters. The van der Waals surface area contributed by atoms with Crippen LogP contribution >= 0.6 is 11.8 Å². The van der Waals surface area contributed by atoms with Crippen molar-refractivity contribution in [2.75, 3.05) is 0 Å².